The predicted octanol–water partition coefficient (Wildman–Crippen LogP) is 3.96. The topological polar surface area (TPSA) is 24.9 Å². The lowest BCUT2D eigenvalue weighted by Gasteiger charge is -1.98. The number of nitrogens with one attached hydrogen (secondary N) is 1. The van der Waals surface area contributed by atoms with E-state index in [9.17, 15) is 0 Å². The van der Waals surface area contributed by atoms with Gasteiger partial charge in [0, 0.05) is 18.9 Å². The summed E-state index contributed by atoms with van der Waals surface area (Å²) in [6, 6.07) is 3.91. The lowest BCUT2D eigenvalue weighted by atomic mass is 10.4. The summed E-state index contributed by atoms with van der Waals surface area (Å²) in [5.74, 6) is 0. The van der Waals surface area contributed by atoms with Crippen molar-refractivity contribution in [1.29, 1.82) is 0 Å². The van der Waals surface area contributed by atoms with Crippen LogP contribution in [0, 0.1) is 0 Å². The van der Waals surface area contributed by atoms with E-state index in [1.54, 1.807) is 6.20 Å². The number of nitrogens with zero attached hydrogens (tertiary/aromatic N) is 1. The van der Waals surface area contributed by atoms with Crippen LogP contribution in [0.1, 0.15) is 41.0 Å². The van der Waals surface area contributed by atoms with Crippen molar-refractivity contribution in [2.24, 2.45) is 0 Å². The zero-order valence-electron chi connectivity index (χ0n) is 10.2. The zero-order chi connectivity index (χ0) is 11.2. The Morgan fingerprint density at radius 3 is 2.14 bits per heavy atom. The molecule has 0 saturated heterocycles. The molecule has 0 aliphatic heterocycles. The molecule has 0 atom stereocenters. The van der Waals surface area contributed by atoms with Gasteiger partial charge in [-0.1, -0.05) is 34.1 Å². The second kappa shape index (κ2) is 14.5. The summed E-state index contributed by atoms with van der Waals surface area (Å²) in [4.78, 5) is 3.94. The third-order valence-corrected chi connectivity index (χ3v) is 1.04. The van der Waals surface area contributed by atoms with Crippen LogP contribution in [-0.4, -0.2) is 11.5 Å². The summed E-state index contributed by atoms with van der Waals surface area (Å²) in [6.45, 7) is 11.3. The molecule has 1 aromatic rings. The fourth-order valence-corrected chi connectivity index (χ4v) is 0.671. The first-order valence-corrected chi connectivity index (χ1v) is 5.49. The van der Waals surface area contributed by atoms with Crippen LogP contribution in [0.25, 0.3) is 0 Å². The molecule has 14 heavy (non-hydrogen) atoms. The average Bonchev–Trinajstić information content (AvgIpc) is 2.24. The second-order valence-corrected chi connectivity index (χ2v) is 2.48. The molecular formula is C12H24N2. The van der Waals surface area contributed by atoms with Crippen molar-refractivity contribution in [2.75, 3.05) is 11.9 Å². The van der Waals surface area contributed by atoms with E-state index in [4.69, 9.17) is 0 Å². The monoisotopic (exact) mass is 196 g/mol. The molecule has 0 aromatic carbocycles. The van der Waals surface area contributed by atoms with Gasteiger partial charge in [-0.15, -0.1) is 0 Å². The standard InChI is InChI=1S/C7H10N2.C3H8.C2H6/c1-2-9-7-4-3-5-8-6-7;1-3-2;1-2/h3-6,9H,2H2,1H3;3H2,1-2H3;1-2H3. The minimum Gasteiger partial charge on any atom is -0.384 e. The number of anilines is 1. The molecule has 2 heteroatoms. The Balaban J connectivity index is 0. The van der Waals surface area contributed by atoms with Gasteiger partial charge in [0.05, 0.1) is 5.69 Å². The van der Waals surface area contributed by atoms with Crippen molar-refractivity contribution in [3.63, 3.8) is 0 Å². The normalized spacial score (nSPS) is 7.50. The molecule has 1 heterocycles. The molecule has 0 aliphatic rings. The van der Waals surface area contributed by atoms with E-state index in [0.717, 1.165) is 12.2 Å². The van der Waals surface area contributed by atoms with Gasteiger partial charge < -0.3 is 5.32 Å². The number of hydrogen-bond acceptors (Lipinski definition) is 2. The van der Waals surface area contributed by atoms with E-state index in [0.29, 0.717) is 0 Å². The van der Waals surface area contributed by atoms with E-state index >= 15 is 0 Å². The van der Waals surface area contributed by atoms with Gasteiger partial charge >= 0.3 is 0 Å². The van der Waals surface area contributed by atoms with Gasteiger partial charge in [0.15, 0.2) is 0 Å². The molecule has 0 aliphatic carbocycles. The molecule has 0 spiro atoms. The lowest BCUT2D eigenvalue weighted by Crippen LogP contribution is -1.95. The molecule has 1 N–H and O–H groups in total. The molecular weight excluding hydrogens is 172 g/mol. The molecule has 1 rings (SSSR count). The van der Waals surface area contributed by atoms with E-state index in [1.165, 1.54) is 6.42 Å². The van der Waals surface area contributed by atoms with Crippen molar-refractivity contribution in [3.05, 3.63) is 24.5 Å². The van der Waals surface area contributed by atoms with Crippen LogP contribution in [0.5, 0.6) is 0 Å². The Kier molecular flexibility index (Phi) is 15.9. The molecule has 0 saturated carbocycles. The maximum absolute atomic E-state index is 3.94. The van der Waals surface area contributed by atoms with Crippen LogP contribution in [0.3, 0.4) is 0 Å². The van der Waals surface area contributed by atoms with Crippen LogP contribution in [0.2, 0.25) is 0 Å². The molecule has 82 valence electrons. The maximum atomic E-state index is 3.94. The van der Waals surface area contributed by atoms with Crippen molar-refractivity contribution >= 4 is 5.69 Å². The van der Waals surface area contributed by atoms with E-state index in [-0.39, 0.29) is 0 Å². The molecule has 2 nitrogen and oxygen atoms in total. The van der Waals surface area contributed by atoms with Gasteiger partial charge in [-0.05, 0) is 19.1 Å². The van der Waals surface area contributed by atoms with Crippen molar-refractivity contribution in [3.8, 4) is 0 Å². The second-order valence-electron chi connectivity index (χ2n) is 2.48. The highest BCUT2D eigenvalue weighted by Crippen LogP contribution is 2.00. The first-order chi connectivity index (χ1) is 6.85. The van der Waals surface area contributed by atoms with Gasteiger partial charge in [-0.2, -0.15) is 0 Å². The third kappa shape index (κ3) is 11.0. The molecule has 0 amide bonds. The Hall–Kier alpha value is -1.05. The van der Waals surface area contributed by atoms with Crippen LogP contribution >= 0.6 is 0 Å². The Labute approximate surface area is 88.8 Å². The van der Waals surface area contributed by atoms with Crippen LogP contribution in [-0.2, 0) is 0 Å². The summed E-state index contributed by atoms with van der Waals surface area (Å²) in [5.41, 5.74) is 1.08. The number of hydrogen-bond donors (Lipinski definition) is 1. The molecule has 0 unspecified atom stereocenters. The molecule has 0 bridgehead atoms. The maximum Gasteiger partial charge on any atom is 0.0526 e. The Morgan fingerprint density at radius 2 is 1.79 bits per heavy atom. The zero-order valence-corrected chi connectivity index (χ0v) is 10.2. The lowest BCUT2D eigenvalue weighted by molar-refractivity contribution is 1.09. The summed E-state index contributed by atoms with van der Waals surface area (Å²) in [7, 11) is 0. The summed E-state index contributed by atoms with van der Waals surface area (Å²) < 4.78 is 0. The number of aromatic nitrogens is 1. The van der Waals surface area contributed by atoms with Crippen molar-refractivity contribution < 1.29 is 0 Å². The molecule has 1 aromatic heterocycles. The highest BCUT2D eigenvalue weighted by molar-refractivity contribution is 5.39. The first-order valence-electron chi connectivity index (χ1n) is 5.49. The molecule has 0 fully saturated rings. The summed E-state index contributed by atoms with van der Waals surface area (Å²) >= 11 is 0. The fraction of sp³-hybridized carbons (Fsp3) is 0.583. The van der Waals surface area contributed by atoms with Gasteiger partial charge in [-0.3, -0.25) is 4.98 Å². The predicted molar refractivity (Wildman–Crippen MR) is 65.7 cm³/mol. The quantitative estimate of drug-likeness (QED) is 0.774. The highest BCUT2D eigenvalue weighted by Gasteiger charge is 1.82. The van der Waals surface area contributed by atoms with Crippen molar-refractivity contribution in [2.45, 2.75) is 41.0 Å². The van der Waals surface area contributed by atoms with Crippen LogP contribution in [0.4, 0.5) is 5.69 Å². The first kappa shape index (κ1) is 15.4. The third-order valence-electron chi connectivity index (χ3n) is 1.04. The summed E-state index contributed by atoms with van der Waals surface area (Å²) in [5, 5.41) is 3.14. The van der Waals surface area contributed by atoms with E-state index < -0.39 is 0 Å². The van der Waals surface area contributed by atoms with Gasteiger partial charge in [0.2, 0.25) is 0 Å². The van der Waals surface area contributed by atoms with E-state index in [1.807, 2.05) is 32.2 Å². The van der Waals surface area contributed by atoms with E-state index in [2.05, 4.69) is 31.1 Å². The van der Waals surface area contributed by atoms with Crippen LogP contribution in [0.15, 0.2) is 24.5 Å². The van der Waals surface area contributed by atoms with Gasteiger partial charge in [0.1, 0.15) is 0 Å². The van der Waals surface area contributed by atoms with Gasteiger partial charge in [0.25, 0.3) is 0 Å². The largest absolute Gasteiger partial charge is 0.384 e. The number of pyridine rings is 1. The fourth-order valence-electron chi connectivity index (χ4n) is 0.671. The Morgan fingerprint density at radius 1 is 1.21 bits per heavy atom. The SMILES string of the molecule is CC.CCC.CCNc1cccnc1. The molecule has 0 radical (unpaired) electrons. The number of rotatable bonds is 2. The highest BCUT2D eigenvalue weighted by atomic mass is 14.9. The minimum absolute atomic E-state index is 0.950. The van der Waals surface area contributed by atoms with Crippen molar-refractivity contribution in [1.82, 2.24) is 4.98 Å². The Bertz CT molecular complexity index is 173. The average molecular weight is 196 g/mol. The van der Waals surface area contributed by atoms with Gasteiger partial charge in [-0.25, -0.2) is 0 Å². The smallest absolute Gasteiger partial charge is 0.0526 e. The minimum atomic E-state index is 0.950. The van der Waals surface area contributed by atoms with Crippen LogP contribution < -0.4 is 5.32 Å². The summed E-state index contributed by atoms with van der Waals surface area (Å²) in [6.07, 6.45) is 4.82.